The number of rotatable bonds is 14. The molecule has 0 atom stereocenters. The van der Waals surface area contributed by atoms with E-state index in [4.69, 9.17) is 23.7 Å². The fourth-order valence-electron chi connectivity index (χ4n) is 4.43. The van der Waals surface area contributed by atoms with E-state index in [9.17, 15) is 4.79 Å². The van der Waals surface area contributed by atoms with Gasteiger partial charge in [-0.1, -0.05) is 91.0 Å². The molecule has 0 bridgehead atoms. The van der Waals surface area contributed by atoms with Crippen molar-refractivity contribution in [1.82, 2.24) is 5.43 Å². The van der Waals surface area contributed by atoms with Gasteiger partial charge in [0.05, 0.1) is 20.4 Å². The van der Waals surface area contributed by atoms with Crippen LogP contribution in [-0.2, 0) is 19.8 Å². The molecule has 0 saturated carbocycles. The molecule has 0 aliphatic rings. The molecule has 5 aromatic carbocycles. The van der Waals surface area contributed by atoms with Crippen molar-refractivity contribution in [1.29, 1.82) is 0 Å². The number of methoxy groups -OCH3 is 2. The lowest BCUT2D eigenvalue weighted by Crippen LogP contribution is -2.18. The minimum Gasteiger partial charge on any atom is -0.493 e. The molecule has 0 aromatic heterocycles. The van der Waals surface area contributed by atoms with Gasteiger partial charge >= 0.3 is 0 Å². The molecule has 1 N–H and O–H groups in total. The number of nitrogens with one attached hydrogen (secondary N) is 1. The SMILES string of the molecule is COc1ccc(C=NNC(=O)c2cc(OCc3ccccc3)c(OCc3ccccc3)c(OCc3ccccc3)c2)cc1OC. The zero-order valence-electron chi connectivity index (χ0n) is 25.1. The standard InChI is InChI=1S/C37H34N2O6/c1-41-32-19-18-30(20-33(32)42-2)23-38-39-37(40)31-21-34(43-24-27-12-6-3-7-13-27)36(45-26-29-16-10-5-11-17-29)35(22-31)44-25-28-14-8-4-9-15-28/h3-23H,24-26H2,1-2H3,(H,39,40). The van der Waals surface area contributed by atoms with Crippen LogP contribution in [0.4, 0.5) is 0 Å². The zero-order chi connectivity index (χ0) is 31.3. The lowest BCUT2D eigenvalue weighted by atomic mass is 10.1. The second-order valence-corrected chi connectivity index (χ2v) is 9.94. The second kappa shape index (κ2) is 15.6. The van der Waals surface area contributed by atoms with Gasteiger partial charge in [0.1, 0.15) is 19.8 Å². The molecule has 8 heteroatoms. The van der Waals surface area contributed by atoms with Crippen LogP contribution in [0, 0.1) is 0 Å². The number of hydrogen-bond acceptors (Lipinski definition) is 7. The van der Waals surface area contributed by atoms with Crippen molar-refractivity contribution in [2.45, 2.75) is 19.8 Å². The quantitative estimate of drug-likeness (QED) is 0.107. The average Bonchev–Trinajstić information content (AvgIpc) is 3.10. The highest BCUT2D eigenvalue weighted by molar-refractivity contribution is 5.96. The summed E-state index contributed by atoms with van der Waals surface area (Å²) in [6.45, 7) is 0.817. The minimum absolute atomic E-state index is 0.267. The molecule has 5 rings (SSSR count). The third kappa shape index (κ3) is 8.64. The van der Waals surface area contributed by atoms with E-state index in [2.05, 4.69) is 10.5 Å². The van der Waals surface area contributed by atoms with Crippen LogP contribution < -0.4 is 29.1 Å². The maximum Gasteiger partial charge on any atom is 0.271 e. The van der Waals surface area contributed by atoms with Crippen LogP contribution in [0.5, 0.6) is 28.7 Å². The Hall–Kier alpha value is -5.76. The van der Waals surface area contributed by atoms with Gasteiger partial charge in [-0.3, -0.25) is 4.79 Å². The van der Waals surface area contributed by atoms with E-state index in [1.165, 1.54) is 6.21 Å². The summed E-state index contributed by atoms with van der Waals surface area (Å²) in [6.07, 6.45) is 1.52. The van der Waals surface area contributed by atoms with Crippen molar-refractivity contribution in [3.63, 3.8) is 0 Å². The van der Waals surface area contributed by atoms with Crippen LogP contribution in [0.25, 0.3) is 0 Å². The van der Waals surface area contributed by atoms with Gasteiger partial charge in [0.15, 0.2) is 23.0 Å². The van der Waals surface area contributed by atoms with Crippen LogP contribution in [0.1, 0.15) is 32.6 Å². The highest BCUT2D eigenvalue weighted by atomic mass is 16.5. The lowest BCUT2D eigenvalue weighted by Gasteiger charge is -2.19. The normalized spacial score (nSPS) is 10.7. The van der Waals surface area contributed by atoms with E-state index in [1.54, 1.807) is 44.6 Å². The van der Waals surface area contributed by atoms with Gasteiger partial charge in [-0.05, 0) is 52.6 Å². The summed E-state index contributed by atoms with van der Waals surface area (Å²) < 4.78 is 29.5. The molecule has 0 spiro atoms. The Labute approximate surface area is 262 Å². The summed E-state index contributed by atoms with van der Waals surface area (Å²) in [5, 5.41) is 4.16. The van der Waals surface area contributed by atoms with E-state index in [0.29, 0.717) is 28.7 Å². The van der Waals surface area contributed by atoms with Gasteiger partial charge in [-0.2, -0.15) is 5.10 Å². The Morgan fingerprint density at radius 1 is 0.600 bits per heavy atom. The van der Waals surface area contributed by atoms with Crippen LogP contribution in [0.3, 0.4) is 0 Å². The second-order valence-electron chi connectivity index (χ2n) is 9.94. The fraction of sp³-hybridized carbons (Fsp3) is 0.135. The van der Waals surface area contributed by atoms with Crippen molar-refractivity contribution in [3.05, 3.63) is 149 Å². The van der Waals surface area contributed by atoms with Crippen molar-refractivity contribution in [2.75, 3.05) is 14.2 Å². The Morgan fingerprint density at radius 2 is 1.09 bits per heavy atom. The van der Waals surface area contributed by atoms with Crippen molar-refractivity contribution in [2.24, 2.45) is 5.10 Å². The third-order valence-electron chi connectivity index (χ3n) is 6.77. The van der Waals surface area contributed by atoms with Gasteiger partial charge in [0, 0.05) is 5.56 Å². The molecule has 228 valence electrons. The van der Waals surface area contributed by atoms with Gasteiger partial charge in [-0.15, -0.1) is 0 Å². The smallest absolute Gasteiger partial charge is 0.271 e. The van der Waals surface area contributed by atoms with E-state index in [1.807, 2.05) is 91.0 Å². The number of ether oxygens (including phenoxy) is 5. The fourth-order valence-corrected chi connectivity index (χ4v) is 4.43. The molecule has 0 unspecified atom stereocenters. The van der Waals surface area contributed by atoms with Gasteiger partial charge in [0.25, 0.3) is 5.91 Å². The summed E-state index contributed by atoms with van der Waals surface area (Å²) in [5.41, 5.74) is 6.52. The van der Waals surface area contributed by atoms with Crippen LogP contribution >= 0.6 is 0 Å². The van der Waals surface area contributed by atoms with Crippen molar-refractivity contribution < 1.29 is 28.5 Å². The Morgan fingerprint density at radius 3 is 1.58 bits per heavy atom. The summed E-state index contributed by atoms with van der Waals surface area (Å²) in [6, 6.07) is 38.0. The number of nitrogens with zero attached hydrogens (tertiary/aromatic N) is 1. The third-order valence-corrected chi connectivity index (χ3v) is 6.77. The summed E-state index contributed by atoms with van der Waals surface area (Å²) in [4.78, 5) is 13.4. The number of amides is 1. The maximum absolute atomic E-state index is 13.4. The molecule has 0 radical (unpaired) electrons. The van der Waals surface area contributed by atoms with Crippen LogP contribution in [-0.4, -0.2) is 26.3 Å². The largest absolute Gasteiger partial charge is 0.493 e. The van der Waals surface area contributed by atoms with E-state index >= 15 is 0 Å². The number of carbonyl (C=O) groups excluding carboxylic acids is 1. The predicted octanol–water partition coefficient (Wildman–Crippen LogP) is 7.20. The first-order chi connectivity index (χ1) is 22.1. The number of carbonyl (C=O) groups is 1. The zero-order valence-corrected chi connectivity index (χ0v) is 25.1. The van der Waals surface area contributed by atoms with Gasteiger partial charge in [-0.25, -0.2) is 5.43 Å². The predicted molar refractivity (Wildman–Crippen MR) is 173 cm³/mol. The van der Waals surface area contributed by atoms with Gasteiger partial charge < -0.3 is 23.7 Å². The van der Waals surface area contributed by atoms with E-state index in [-0.39, 0.29) is 25.4 Å². The molecule has 0 fully saturated rings. The molecule has 5 aromatic rings. The maximum atomic E-state index is 13.4. The summed E-state index contributed by atoms with van der Waals surface area (Å²) in [7, 11) is 3.13. The van der Waals surface area contributed by atoms with Crippen LogP contribution in [0.15, 0.2) is 126 Å². The minimum atomic E-state index is -0.449. The molecular weight excluding hydrogens is 568 g/mol. The average molecular weight is 603 g/mol. The molecular formula is C37H34N2O6. The lowest BCUT2D eigenvalue weighted by molar-refractivity contribution is 0.0953. The molecule has 45 heavy (non-hydrogen) atoms. The molecule has 8 nitrogen and oxygen atoms in total. The van der Waals surface area contributed by atoms with Crippen LogP contribution in [0.2, 0.25) is 0 Å². The molecule has 0 heterocycles. The first kappa shape index (κ1) is 30.7. The number of hydrazone groups is 1. The Balaban J connectivity index is 1.44. The monoisotopic (exact) mass is 602 g/mol. The number of hydrogen-bond donors (Lipinski definition) is 1. The van der Waals surface area contributed by atoms with E-state index in [0.717, 1.165) is 22.3 Å². The van der Waals surface area contributed by atoms with Crippen molar-refractivity contribution in [3.8, 4) is 28.7 Å². The highest BCUT2D eigenvalue weighted by Gasteiger charge is 2.20. The number of benzene rings is 5. The van der Waals surface area contributed by atoms with Gasteiger partial charge in [0.2, 0.25) is 5.75 Å². The summed E-state index contributed by atoms with van der Waals surface area (Å²) in [5.74, 6) is 1.84. The van der Waals surface area contributed by atoms with Crippen molar-refractivity contribution >= 4 is 12.1 Å². The molecule has 0 aliphatic heterocycles. The Bertz CT molecular complexity index is 1650. The Kier molecular flexibility index (Phi) is 10.7. The molecule has 1 amide bonds. The first-order valence-electron chi connectivity index (χ1n) is 14.4. The summed E-state index contributed by atoms with van der Waals surface area (Å²) >= 11 is 0. The molecule has 0 saturated heterocycles. The highest BCUT2D eigenvalue weighted by Crippen LogP contribution is 2.40. The topological polar surface area (TPSA) is 87.6 Å². The molecule has 0 aliphatic carbocycles. The first-order valence-corrected chi connectivity index (χ1v) is 14.4. The van der Waals surface area contributed by atoms with E-state index < -0.39 is 5.91 Å².